The van der Waals surface area contributed by atoms with Crippen LogP contribution in [0.4, 0.5) is 5.69 Å². The van der Waals surface area contributed by atoms with Crippen LogP contribution in [-0.4, -0.2) is 26.6 Å². The number of carbonyl (C=O) groups is 1. The minimum atomic E-state index is -3.35. The number of nitrogens with zero attached hydrogens (tertiary/aromatic N) is 1. The van der Waals surface area contributed by atoms with Gasteiger partial charge in [-0.15, -0.1) is 0 Å². The van der Waals surface area contributed by atoms with Gasteiger partial charge in [0.1, 0.15) is 0 Å². The van der Waals surface area contributed by atoms with Crippen molar-refractivity contribution in [3.63, 3.8) is 0 Å². The van der Waals surface area contributed by atoms with E-state index in [9.17, 15) is 13.2 Å². The van der Waals surface area contributed by atoms with Crippen molar-refractivity contribution in [2.24, 2.45) is 5.92 Å². The van der Waals surface area contributed by atoms with E-state index >= 15 is 0 Å². The molecule has 126 valence electrons. The quantitative estimate of drug-likeness (QED) is 0.777. The maximum absolute atomic E-state index is 12.9. The summed E-state index contributed by atoms with van der Waals surface area (Å²) < 4.78 is 26.4. The lowest BCUT2D eigenvalue weighted by Crippen LogP contribution is -2.26. The van der Waals surface area contributed by atoms with E-state index in [1.165, 1.54) is 13.3 Å². The number of fused-ring (bicyclic) bond motifs is 1. The van der Waals surface area contributed by atoms with E-state index in [1.54, 1.807) is 11.0 Å². The Kier molecular flexibility index (Phi) is 4.83. The predicted octanol–water partition coefficient (Wildman–Crippen LogP) is 3.71. The molecule has 0 spiro atoms. The largest absolute Gasteiger partial charge is 0.312 e. The summed E-state index contributed by atoms with van der Waals surface area (Å²) >= 11 is 3.42. The Labute approximate surface area is 146 Å². The molecule has 1 aromatic rings. The van der Waals surface area contributed by atoms with Gasteiger partial charge < -0.3 is 4.90 Å². The van der Waals surface area contributed by atoms with Crippen LogP contribution in [0.2, 0.25) is 0 Å². The van der Waals surface area contributed by atoms with Gasteiger partial charge in [0.15, 0.2) is 9.84 Å². The smallest absolute Gasteiger partial charge is 0.223 e. The number of carbonyl (C=O) groups excluding carboxylic acids is 1. The monoisotopic (exact) mass is 399 g/mol. The van der Waals surface area contributed by atoms with E-state index in [0.717, 1.165) is 43.4 Å². The van der Waals surface area contributed by atoms with Gasteiger partial charge in [0.25, 0.3) is 0 Å². The maximum atomic E-state index is 12.9. The summed E-state index contributed by atoms with van der Waals surface area (Å²) in [5, 5.41) is 0. The summed E-state index contributed by atoms with van der Waals surface area (Å²) in [6, 6.07) is 3.55. The number of benzene rings is 1. The number of anilines is 1. The first-order valence-electron chi connectivity index (χ1n) is 8.22. The summed E-state index contributed by atoms with van der Waals surface area (Å²) in [6.45, 7) is 2.15. The highest BCUT2D eigenvalue weighted by Gasteiger charge is 2.29. The number of sulfone groups is 1. The van der Waals surface area contributed by atoms with Crippen molar-refractivity contribution in [1.29, 1.82) is 0 Å². The molecule has 1 aliphatic heterocycles. The zero-order chi connectivity index (χ0) is 16.6. The lowest BCUT2D eigenvalue weighted by molar-refractivity contribution is -0.116. The molecule has 1 heterocycles. The van der Waals surface area contributed by atoms with Crippen LogP contribution in [0.1, 0.15) is 44.6 Å². The molecule has 1 aliphatic carbocycles. The molecule has 3 rings (SSSR count). The summed E-state index contributed by atoms with van der Waals surface area (Å²) in [6.07, 6.45) is 6.25. The Morgan fingerprint density at radius 2 is 1.96 bits per heavy atom. The minimum absolute atomic E-state index is 0.0401. The van der Waals surface area contributed by atoms with Gasteiger partial charge >= 0.3 is 0 Å². The lowest BCUT2D eigenvalue weighted by Gasteiger charge is -2.22. The van der Waals surface area contributed by atoms with E-state index in [4.69, 9.17) is 0 Å². The second-order valence-electron chi connectivity index (χ2n) is 6.62. The molecular formula is C17H22BrNO3S. The molecule has 6 heteroatoms. The van der Waals surface area contributed by atoms with Gasteiger partial charge in [-0.1, -0.05) is 19.3 Å². The molecule has 23 heavy (non-hydrogen) atoms. The molecular weight excluding hydrogens is 378 g/mol. The first kappa shape index (κ1) is 17.0. The first-order chi connectivity index (χ1) is 10.9. The van der Waals surface area contributed by atoms with Crippen LogP contribution in [0.3, 0.4) is 0 Å². The molecule has 0 saturated heterocycles. The zero-order valence-corrected chi connectivity index (χ0v) is 15.7. The van der Waals surface area contributed by atoms with Gasteiger partial charge in [-0.2, -0.15) is 0 Å². The highest BCUT2D eigenvalue weighted by molar-refractivity contribution is 9.10. The molecule has 1 aromatic carbocycles. The highest BCUT2D eigenvalue weighted by Crippen LogP contribution is 2.37. The third-order valence-corrected chi connectivity index (χ3v) is 7.76. The summed E-state index contributed by atoms with van der Waals surface area (Å²) in [4.78, 5) is 13.7. The summed E-state index contributed by atoms with van der Waals surface area (Å²) in [7, 11) is -3.35. The van der Waals surface area contributed by atoms with Crippen molar-refractivity contribution < 1.29 is 13.2 Å². The fraction of sp³-hybridized carbons (Fsp3) is 0.588. The van der Waals surface area contributed by atoms with Gasteiger partial charge in [0.05, 0.1) is 10.6 Å². The van der Waals surface area contributed by atoms with Crippen molar-refractivity contribution >= 4 is 37.4 Å². The Hall–Kier alpha value is -0.880. The van der Waals surface area contributed by atoms with Gasteiger partial charge in [0.2, 0.25) is 5.91 Å². The molecule has 1 fully saturated rings. The molecule has 0 aromatic heterocycles. The maximum Gasteiger partial charge on any atom is 0.223 e. The number of hydrogen-bond donors (Lipinski definition) is 0. The van der Waals surface area contributed by atoms with Gasteiger partial charge in [0, 0.05) is 23.6 Å². The fourth-order valence-electron chi connectivity index (χ4n) is 3.71. The summed E-state index contributed by atoms with van der Waals surface area (Å²) in [5.74, 6) is 0.435. The minimum Gasteiger partial charge on any atom is -0.312 e. The van der Waals surface area contributed by atoms with Crippen molar-refractivity contribution in [3.8, 4) is 0 Å². The van der Waals surface area contributed by atoms with Crippen molar-refractivity contribution in [1.82, 2.24) is 0 Å². The standard InChI is InChI=1S/C17H22BrNO3S/c1-12(20)19-8-7-14-9-15(18)17(10-16(14)19)23(21,22)11-13-5-3-2-4-6-13/h9-10,13H,2-8,11H2,1H3. The van der Waals surface area contributed by atoms with Crippen LogP contribution in [0.15, 0.2) is 21.5 Å². The molecule has 1 amide bonds. The zero-order valence-electron chi connectivity index (χ0n) is 13.3. The van der Waals surface area contributed by atoms with Crippen LogP contribution in [-0.2, 0) is 21.1 Å². The number of halogens is 1. The van der Waals surface area contributed by atoms with Crippen LogP contribution >= 0.6 is 15.9 Å². The Bertz CT molecular complexity index is 724. The van der Waals surface area contributed by atoms with Crippen LogP contribution in [0, 0.1) is 5.92 Å². The van der Waals surface area contributed by atoms with Gasteiger partial charge in [-0.3, -0.25) is 4.79 Å². The Morgan fingerprint density at radius 1 is 1.26 bits per heavy atom. The molecule has 0 radical (unpaired) electrons. The molecule has 0 bridgehead atoms. The number of rotatable bonds is 3. The SMILES string of the molecule is CC(=O)N1CCc2cc(Br)c(S(=O)(=O)CC3CCCCC3)cc21. The van der Waals surface area contributed by atoms with E-state index in [2.05, 4.69) is 15.9 Å². The topological polar surface area (TPSA) is 54.5 Å². The number of hydrogen-bond acceptors (Lipinski definition) is 3. The van der Waals surface area contributed by atoms with Gasteiger partial charge in [-0.25, -0.2) is 8.42 Å². The highest BCUT2D eigenvalue weighted by atomic mass is 79.9. The van der Waals surface area contributed by atoms with E-state index < -0.39 is 9.84 Å². The lowest BCUT2D eigenvalue weighted by atomic mass is 9.91. The third-order valence-electron chi connectivity index (χ3n) is 4.92. The second-order valence-corrected chi connectivity index (χ2v) is 9.47. The van der Waals surface area contributed by atoms with Crippen LogP contribution < -0.4 is 4.90 Å². The van der Waals surface area contributed by atoms with Crippen molar-refractivity contribution in [3.05, 3.63) is 22.2 Å². The average Bonchev–Trinajstić information content (AvgIpc) is 2.89. The van der Waals surface area contributed by atoms with Crippen molar-refractivity contribution in [2.75, 3.05) is 17.2 Å². The van der Waals surface area contributed by atoms with Crippen molar-refractivity contribution in [2.45, 2.75) is 50.3 Å². The molecule has 0 N–H and O–H groups in total. The third kappa shape index (κ3) is 3.48. The number of amides is 1. The van der Waals surface area contributed by atoms with E-state index in [1.807, 2.05) is 6.07 Å². The van der Waals surface area contributed by atoms with E-state index in [0.29, 0.717) is 15.9 Å². The second kappa shape index (κ2) is 6.55. The molecule has 2 aliphatic rings. The molecule has 4 nitrogen and oxygen atoms in total. The average molecular weight is 400 g/mol. The van der Waals surface area contributed by atoms with Gasteiger partial charge in [-0.05, 0) is 58.8 Å². The van der Waals surface area contributed by atoms with E-state index in [-0.39, 0.29) is 17.6 Å². The first-order valence-corrected chi connectivity index (χ1v) is 10.7. The Balaban J connectivity index is 1.92. The Morgan fingerprint density at radius 3 is 2.61 bits per heavy atom. The normalized spacial score (nSPS) is 19.0. The summed E-state index contributed by atoms with van der Waals surface area (Å²) in [5.41, 5.74) is 1.78. The fourth-order valence-corrected chi connectivity index (χ4v) is 6.62. The predicted molar refractivity (Wildman–Crippen MR) is 94.5 cm³/mol. The molecule has 1 saturated carbocycles. The molecule has 0 unspecified atom stereocenters. The molecule has 0 atom stereocenters. The van der Waals surface area contributed by atoms with Crippen LogP contribution in [0.25, 0.3) is 0 Å². The van der Waals surface area contributed by atoms with Crippen LogP contribution in [0.5, 0.6) is 0 Å².